The van der Waals surface area contributed by atoms with Crippen LogP contribution < -0.4 is 0 Å². The third-order valence-corrected chi connectivity index (χ3v) is 6.56. The van der Waals surface area contributed by atoms with Crippen LogP contribution in [-0.4, -0.2) is 28.8 Å². The lowest BCUT2D eigenvalue weighted by molar-refractivity contribution is -0.343. The third-order valence-electron chi connectivity index (χ3n) is 6.09. The highest BCUT2D eigenvalue weighted by Crippen LogP contribution is 2.80. The number of aliphatic hydroxyl groups is 2. The molecule has 2 N–H and O–H groups in total. The molecule has 0 aliphatic heterocycles. The van der Waals surface area contributed by atoms with Crippen LogP contribution in [-0.2, 0) is 0 Å². The Kier molecular flexibility index (Phi) is 1.68. The Balaban J connectivity index is 1.55. The van der Waals surface area contributed by atoms with Gasteiger partial charge in [0.2, 0.25) is 0 Å². The summed E-state index contributed by atoms with van der Waals surface area (Å²) in [6.45, 7) is 0.539. The summed E-state index contributed by atoms with van der Waals surface area (Å²) in [7, 11) is 0. The molecule has 3 heteroatoms. The quantitative estimate of drug-likeness (QED) is 0.691. The largest absolute Gasteiger partial charge is 0.396 e. The first-order valence-electron chi connectivity index (χ1n) is 6.15. The van der Waals surface area contributed by atoms with Crippen molar-refractivity contribution in [1.82, 2.24) is 0 Å². The molecule has 84 valence electrons. The van der Waals surface area contributed by atoms with Gasteiger partial charge in [-0.05, 0) is 53.8 Å². The summed E-state index contributed by atoms with van der Waals surface area (Å²) in [5.74, 6) is 5.57. The summed E-state index contributed by atoms with van der Waals surface area (Å²) in [4.78, 5) is 0. The van der Waals surface area contributed by atoms with E-state index in [4.69, 9.17) is 11.6 Å². The maximum absolute atomic E-state index is 9.33. The molecule has 0 bridgehead atoms. The molecular formula is C12H17ClO2. The molecule has 4 saturated carbocycles. The van der Waals surface area contributed by atoms with Gasteiger partial charge >= 0.3 is 0 Å². The molecule has 2 nitrogen and oxygen atoms in total. The van der Waals surface area contributed by atoms with Crippen LogP contribution in [0.25, 0.3) is 0 Å². The zero-order chi connectivity index (χ0) is 10.3. The zero-order valence-corrected chi connectivity index (χ0v) is 9.35. The van der Waals surface area contributed by atoms with Gasteiger partial charge in [-0.2, -0.15) is 0 Å². The Hall–Kier alpha value is 0.210. The van der Waals surface area contributed by atoms with E-state index in [0.717, 1.165) is 29.6 Å². The van der Waals surface area contributed by atoms with Crippen molar-refractivity contribution in [1.29, 1.82) is 0 Å². The predicted octanol–water partition coefficient (Wildman–Crippen LogP) is 0.952. The molecule has 15 heavy (non-hydrogen) atoms. The van der Waals surface area contributed by atoms with E-state index in [1.165, 1.54) is 6.42 Å². The Bertz CT molecular complexity index is 302. The average Bonchev–Trinajstić information content (AvgIpc) is 2.19. The monoisotopic (exact) mass is 228 g/mol. The molecule has 9 atom stereocenters. The van der Waals surface area contributed by atoms with Crippen molar-refractivity contribution in [2.24, 2.45) is 47.3 Å². The predicted molar refractivity (Wildman–Crippen MR) is 56.3 cm³/mol. The molecule has 0 aromatic carbocycles. The molecule has 0 aromatic rings. The topological polar surface area (TPSA) is 40.5 Å². The Morgan fingerprint density at radius 2 is 1.47 bits per heavy atom. The molecule has 0 spiro atoms. The minimum atomic E-state index is 0.264. The van der Waals surface area contributed by atoms with Crippen LogP contribution in [0.15, 0.2) is 0 Å². The highest BCUT2D eigenvalue weighted by Gasteiger charge is 2.78. The Morgan fingerprint density at radius 1 is 0.867 bits per heavy atom. The first-order valence-corrected chi connectivity index (χ1v) is 6.59. The number of hydrogen-bond acceptors (Lipinski definition) is 2. The summed E-state index contributed by atoms with van der Waals surface area (Å²) in [5.41, 5.74) is 0. The number of fused-ring (bicyclic) bond motifs is 7. The summed E-state index contributed by atoms with van der Waals surface area (Å²) >= 11 is 6.23. The fourth-order valence-corrected chi connectivity index (χ4v) is 6.05. The fourth-order valence-electron chi connectivity index (χ4n) is 5.49. The number of aliphatic hydroxyl groups excluding tert-OH is 2. The standard InChI is InChI=1S/C12H17ClO2/c13-7-1-4-8(7)12-9(4)10-5(2-14)6(3-15)11(10)12/h4-12,14-15H,1-3H2. The van der Waals surface area contributed by atoms with Gasteiger partial charge in [-0.3, -0.25) is 0 Å². The molecule has 9 unspecified atom stereocenters. The second kappa shape index (κ2) is 2.72. The smallest absolute Gasteiger partial charge is 0.0465 e. The average molecular weight is 229 g/mol. The lowest BCUT2D eigenvalue weighted by atomic mass is 9.24. The second-order valence-corrected chi connectivity index (χ2v) is 6.56. The SMILES string of the molecule is OCC1C(CO)C2C1C1C3CC(Cl)C3C21. The highest BCUT2D eigenvalue weighted by atomic mass is 35.5. The van der Waals surface area contributed by atoms with Gasteiger partial charge in [-0.25, -0.2) is 0 Å². The van der Waals surface area contributed by atoms with E-state index in [0.29, 0.717) is 23.1 Å². The van der Waals surface area contributed by atoms with Crippen LogP contribution in [0, 0.1) is 47.3 Å². The van der Waals surface area contributed by atoms with Gasteiger partial charge in [-0.1, -0.05) is 0 Å². The minimum Gasteiger partial charge on any atom is -0.396 e. The van der Waals surface area contributed by atoms with E-state index in [9.17, 15) is 10.2 Å². The van der Waals surface area contributed by atoms with Crippen molar-refractivity contribution in [3.8, 4) is 0 Å². The molecule has 0 amide bonds. The molecule has 0 radical (unpaired) electrons. The Labute approximate surface area is 94.6 Å². The van der Waals surface area contributed by atoms with Crippen LogP contribution >= 0.6 is 11.6 Å². The van der Waals surface area contributed by atoms with Gasteiger partial charge in [0.15, 0.2) is 0 Å². The van der Waals surface area contributed by atoms with Crippen molar-refractivity contribution < 1.29 is 10.2 Å². The highest BCUT2D eigenvalue weighted by molar-refractivity contribution is 6.21. The lowest BCUT2D eigenvalue weighted by Gasteiger charge is -2.81. The first-order chi connectivity index (χ1) is 7.29. The maximum Gasteiger partial charge on any atom is 0.0465 e. The molecule has 0 aromatic heterocycles. The van der Waals surface area contributed by atoms with Gasteiger partial charge in [0.25, 0.3) is 0 Å². The normalized spacial score (nSPS) is 68.6. The van der Waals surface area contributed by atoms with Crippen molar-refractivity contribution in [2.45, 2.75) is 11.8 Å². The van der Waals surface area contributed by atoms with Gasteiger partial charge in [-0.15, -0.1) is 11.6 Å². The van der Waals surface area contributed by atoms with E-state index in [1.54, 1.807) is 0 Å². The van der Waals surface area contributed by atoms with Gasteiger partial charge in [0.05, 0.1) is 0 Å². The maximum atomic E-state index is 9.33. The van der Waals surface area contributed by atoms with Crippen molar-refractivity contribution in [3.63, 3.8) is 0 Å². The van der Waals surface area contributed by atoms with Crippen molar-refractivity contribution >= 4 is 11.6 Å². The van der Waals surface area contributed by atoms with Crippen LogP contribution in [0.2, 0.25) is 0 Å². The van der Waals surface area contributed by atoms with Gasteiger partial charge in [0, 0.05) is 18.6 Å². The van der Waals surface area contributed by atoms with E-state index in [1.807, 2.05) is 0 Å². The van der Waals surface area contributed by atoms with Gasteiger partial charge < -0.3 is 10.2 Å². The molecule has 0 heterocycles. The van der Waals surface area contributed by atoms with Crippen molar-refractivity contribution in [2.75, 3.05) is 13.2 Å². The molecule has 0 saturated heterocycles. The van der Waals surface area contributed by atoms with Crippen LogP contribution in [0.3, 0.4) is 0 Å². The number of alkyl halides is 1. The molecule has 4 aliphatic rings. The van der Waals surface area contributed by atoms with E-state index >= 15 is 0 Å². The summed E-state index contributed by atoms with van der Waals surface area (Å²) < 4.78 is 0. The summed E-state index contributed by atoms with van der Waals surface area (Å²) in [6, 6.07) is 0. The van der Waals surface area contributed by atoms with E-state index < -0.39 is 0 Å². The summed E-state index contributed by atoms with van der Waals surface area (Å²) in [5, 5.41) is 19.1. The van der Waals surface area contributed by atoms with Crippen molar-refractivity contribution in [3.05, 3.63) is 0 Å². The lowest BCUT2D eigenvalue weighted by Crippen LogP contribution is -2.80. The number of hydrogen-bond donors (Lipinski definition) is 2. The molecular weight excluding hydrogens is 212 g/mol. The molecule has 4 fully saturated rings. The fraction of sp³-hybridized carbons (Fsp3) is 1.00. The third kappa shape index (κ3) is 0.777. The Morgan fingerprint density at radius 3 is 2.00 bits per heavy atom. The number of halogens is 1. The summed E-state index contributed by atoms with van der Waals surface area (Å²) in [6.07, 6.45) is 1.21. The first kappa shape index (κ1) is 9.26. The van der Waals surface area contributed by atoms with Crippen LogP contribution in [0.1, 0.15) is 6.42 Å². The van der Waals surface area contributed by atoms with Crippen LogP contribution in [0.4, 0.5) is 0 Å². The molecule has 4 aliphatic carbocycles. The van der Waals surface area contributed by atoms with Crippen LogP contribution in [0.5, 0.6) is 0 Å². The molecule has 4 rings (SSSR count). The van der Waals surface area contributed by atoms with E-state index in [-0.39, 0.29) is 13.2 Å². The minimum absolute atomic E-state index is 0.264. The zero-order valence-electron chi connectivity index (χ0n) is 8.59. The second-order valence-electron chi connectivity index (χ2n) is 6.00. The van der Waals surface area contributed by atoms with E-state index in [2.05, 4.69) is 0 Å². The van der Waals surface area contributed by atoms with Gasteiger partial charge in [0.1, 0.15) is 0 Å². The number of rotatable bonds is 2.